The molecule has 1 heterocycles. The van der Waals surface area contributed by atoms with E-state index in [-0.39, 0.29) is 12.3 Å². The van der Waals surface area contributed by atoms with Crippen LogP contribution >= 0.6 is 11.6 Å². The van der Waals surface area contributed by atoms with Crippen molar-refractivity contribution in [3.63, 3.8) is 0 Å². The number of amides is 1. The van der Waals surface area contributed by atoms with Crippen LogP contribution in [0.3, 0.4) is 0 Å². The lowest BCUT2D eigenvalue weighted by molar-refractivity contribution is -0.130. The first-order valence-electron chi connectivity index (χ1n) is 9.25. The summed E-state index contributed by atoms with van der Waals surface area (Å²) in [5.41, 5.74) is 3.33. The maximum atomic E-state index is 14.8. The number of nitrogens with zero attached hydrogens (tertiary/aromatic N) is 1. The van der Waals surface area contributed by atoms with Crippen LogP contribution in [0.25, 0.3) is 5.57 Å². The Labute approximate surface area is 173 Å². The zero-order valence-electron chi connectivity index (χ0n) is 15.8. The lowest BCUT2D eigenvalue weighted by Crippen LogP contribution is -2.30. The summed E-state index contributed by atoms with van der Waals surface area (Å²) in [5, 5.41) is 11.3. The molecule has 0 fully saturated rings. The number of carbonyl (C=O) groups is 1. The van der Waals surface area contributed by atoms with Crippen LogP contribution in [0.1, 0.15) is 28.3 Å². The summed E-state index contributed by atoms with van der Waals surface area (Å²) >= 11 is 5.96. The first kappa shape index (κ1) is 19.2. The van der Waals surface area contributed by atoms with Crippen molar-refractivity contribution in [1.82, 2.24) is 4.90 Å². The number of hydrogen-bond donors (Lipinski definition) is 1. The average molecular weight is 408 g/mol. The molecule has 3 aromatic carbocycles. The number of benzene rings is 3. The molecule has 4 rings (SSSR count). The van der Waals surface area contributed by atoms with E-state index in [1.165, 1.54) is 11.0 Å². The summed E-state index contributed by atoms with van der Waals surface area (Å²) in [4.78, 5) is 14.5. The van der Waals surface area contributed by atoms with E-state index < -0.39 is 17.8 Å². The van der Waals surface area contributed by atoms with E-state index >= 15 is 0 Å². The summed E-state index contributed by atoms with van der Waals surface area (Å²) in [7, 11) is 0. The molecule has 1 aliphatic rings. The van der Waals surface area contributed by atoms with Crippen molar-refractivity contribution in [3.05, 3.63) is 112 Å². The Morgan fingerprint density at radius 2 is 1.66 bits per heavy atom. The van der Waals surface area contributed by atoms with Gasteiger partial charge in [0.05, 0.1) is 6.04 Å². The molecule has 0 aromatic heterocycles. The molecule has 29 heavy (non-hydrogen) atoms. The van der Waals surface area contributed by atoms with Gasteiger partial charge in [-0.3, -0.25) is 4.79 Å². The Hall–Kier alpha value is -3.11. The highest BCUT2D eigenvalue weighted by molar-refractivity contribution is 6.30. The van der Waals surface area contributed by atoms with Gasteiger partial charge in [-0.2, -0.15) is 0 Å². The van der Waals surface area contributed by atoms with Gasteiger partial charge in [0, 0.05) is 22.7 Å². The molecule has 0 aliphatic carbocycles. The van der Waals surface area contributed by atoms with E-state index in [0.29, 0.717) is 21.7 Å². The third-order valence-electron chi connectivity index (χ3n) is 5.13. The zero-order valence-corrected chi connectivity index (χ0v) is 16.5. The largest absolute Gasteiger partial charge is 0.503 e. The minimum atomic E-state index is -0.734. The third-order valence-corrected chi connectivity index (χ3v) is 5.38. The number of rotatable bonds is 4. The molecule has 1 atom stereocenters. The van der Waals surface area contributed by atoms with Crippen molar-refractivity contribution in [1.29, 1.82) is 0 Å². The standard InChI is InChI=1S/C24H19ClFNO2/c1-15-6-10-17(11-7-15)21-22(19-4-2-3-5-20(19)26)27(24(29)23(21)28)14-16-8-12-18(25)13-9-16/h2-13,22,28H,14H2,1H3. The molecule has 3 nitrogen and oxygen atoms in total. The maximum Gasteiger partial charge on any atom is 0.290 e. The minimum absolute atomic E-state index is 0.217. The van der Waals surface area contributed by atoms with Gasteiger partial charge in [-0.15, -0.1) is 0 Å². The quantitative estimate of drug-likeness (QED) is 0.590. The normalized spacial score (nSPS) is 16.6. The molecule has 0 bridgehead atoms. The fraction of sp³-hybridized carbons (Fsp3) is 0.125. The van der Waals surface area contributed by atoms with E-state index in [4.69, 9.17) is 11.6 Å². The molecular weight excluding hydrogens is 389 g/mol. The molecule has 1 N–H and O–H groups in total. The highest BCUT2D eigenvalue weighted by Gasteiger charge is 2.42. The van der Waals surface area contributed by atoms with Crippen LogP contribution in [-0.2, 0) is 11.3 Å². The zero-order chi connectivity index (χ0) is 20.5. The number of aryl methyl sites for hydroxylation is 1. The predicted octanol–water partition coefficient (Wildman–Crippen LogP) is 5.84. The number of aliphatic hydroxyl groups is 1. The van der Waals surface area contributed by atoms with Gasteiger partial charge >= 0.3 is 0 Å². The average Bonchev–Trinajstić information content (AvgIpc) is 2.95. The van der Waals surface area contributed by atoms with Gasteiger partial charge in [-0.25, -0.2) is 4.39 Å². The van der Waals surface area contributed by atoms with Gasteiger partial charge < -0.3 is 10.0 Å². The second-order valence-electron chi connectivity index (χ2n) is 7.11. The highest BCUT2D eigenvalue weighted by atomic mass is 35.5. The SMILES string of the molecule is Cc1ccc(C2=C(O)C(=O)N(Cc3ccc(Cl)cc3)C2c2ccccc2F)cc1. The van der Waals surface area contributed by atoms with Crippen LogP contribution in [0, 0.1) is 12.7 Å². The first-order chi connectivity index (χ1) is 14.0. The van der Waals surface area contributed by atoms with E-state index in [1.807, 2.05) is 43.3 Å². The molecule has 5 heteroatoms. The van der Waals surface area contributed by atoms with Crippen LogP contribution in [0.15, 0.2) is 78.6 Å². The van der Waals surface area contributed by atoms with Crippen LogP contribution in [-0.4, -0.2) is 15.9 Å². The molecule has 0 saturated heterocycles. The Morgan fingerprint density at radius 3 is 2.31 bits per heavy atom. The molecule has 0 saturated carbocycles. The summed E-state index contributed by atoms with van der Waals surface area (Å²) in [6.07, 6.45) is 0. The summed E-state index contributed by atoms with van der Waals surface area (Å²) in [6, 6.07) is 20.2. The summed E-state index contributed by atoms with van der Waals surface area (Å²) < 4.78 is 14.8. The van der Waals surface area contributed by atoms with E-state index in [2.05, 4.69) is 0 Å². The first-order valence-corrected chi connectivity index (χ1v) is 9.63. The molecular formula is C24H19ClFNO2. The van der Waals surface area contributed by atoms with Crippen molar-refractivity contribution in [3.8, 4) is 0 Å². The molecule has 3 aromatic rings. The van der Waals surface area contributed by atoms with Crippen molar-refractivity contribution < 1.29 is 14.3 Å². The Bertz CT molecular complexity index is 1090. The monoisotopic (exact) mass is 407 g/mol. The summed E-state index contributed by atoms with van der Waals surface area (Å²) in [6.45, 7) is 2.17. The highest BCUT2D eigenvalue weighted by Crippen LogP contribution is 2.44. The fourth-order valence-corrected chi connectivity index (χ4v) is 3.78. The molecule has 1 amide bonds. The van der Waals surface area contributed by atoms with Gasteiger partial charge in [0.1, 0.15) is 5.82 Å². The second kappa shape index (κ2) is 7.72. The number of hydrogen-bond acceptors (Lipinski definition) is 2. The van der Waals surface area contributed by atoms with Gasteiger partial charge in [0.2, 0.25) is 0 Å². The molecule has 0 spiro atoms. The van der Waals surface area contributed by atoms with Crippen molar-refractivity contribution in [2.24, 2.45) is 0 Å². The third kappa shape index (κ3) is 3.64. The second-order valence-corrected chi connectivity index (χ2v) is 7.55. The smallest absolute Gasteiger partial charge is 0.290 e. The van der Waals surface area contributed by atoms with Crippen LogP contribution in [0.4, 0.5) is 4.39 Å². The lowest BCUT2D eigenvalue weighted by Gasteiger charge is -2.28. The Kier molecular flexibility index (Phi) is 5.12. The lowest BCUT2D eigenvalue weighted by atomic mass is 9.92. The molecule has 146 valence electrons. The minimum Gasteiger partial charge on any atom is -0.503 e. The van der Waals surface area contributed by atoms with Gasteiger partial charge in [0.25, 0.3) is 5.91 Å². The molecule has 1 aliphatic heterocycles. The summed E-state index contributed by atoms with van der Waals surface area (Å²) in [5.74, 6) is -1.30. The van der Waals surface area contributed by atoms with Gasteiger partial charge in [-0.05, 0) is 36.2 Å². The van der Waals surface area contributed by atoms with Crippen LogP contribution in [0.5, 0.6) is 0 Å². The van der Waals surface area contributed by atoms with E-state index in [9.17, 15) is 14.3 Å². The molecule has 0 radical (unpaired) electrons. The Balaban J connectivity index is 1.83. The van der Waals surface area contributed by atoms with E-state index in [1.54, 1.807) is 30.3 Å². The fourth-order valence-electron chi connectivity index (χ4n) is 3.65. The number of halogens is 2. The van der Waals surface area contributed by atoms with Crippen LogP contribution in [0.2, 0.25) is 5.02 Å². The van der Waals surface area contributed by atoms with Gasteiger partial charge in [0.15, 0.2) is 5.76 Å². The topological polar surface area (TPSA) is 40.5 Å². The number of aliphatic hydroxyl groups excluding tert-OH is 1. The van der Waals surface area contributed by atoms with Gasteiger partial charge in [-0.1, -0.05) is 71.8 Å². The van der Waals surface area contributed by atoms with E-state index in [0.717, 1.165) is 11.1 Å². The van der Waals surface area contributed by atoms with Crippen LogP contribution < -0.4 is 0 Å². The van der Waals surface area contributed by atoms with Crippen molar-refractivity contribution >= 4 is 23.1 Å². The molecule has 1 unspecified atom stereocenters. The number of carbonyl (C=O) groups excluding carboxylic acids is 1. The Morgan fingerprint density at radius 1 is 1.00 bits per heavy atom. The van der Waals surface area contributed by atoms with Crippen molar-refractivity contribution in [2.75, 3.05) is 0 Å². The van der Waals surface area contributed by atoms with Crippen molar-refractivity contribution in [2.45, 2.75) is 19.5 Å². The maximum absolute atomic E-state index is 14.8. The predicted molar refractivity (Wildman–Crippen MR) is 112 cm³/mol.